The van der Waals surface area contributed by atoms with Crippen LogP contribution in [0.2, 0.25) is 0 Å². The van der Waals surface area contributed by atoms with E-state index in [1.807, 2.05) is 72.5 Å². The molecule has 0 fully saturated rings. The third kappa shape index (κ3) is 4.95. The van der Waals surface area contributed by atoms with E-state index in [9.17, 15) is 4.79 Å². The summed E-state index contributed by atoms with van der Waals surface area (Å²) in [5.74, 6) is 1.49. The predicted octanol–water partition coefficient (Wildman–Crippen LogP) is 4.84. The van der Waals surface area contributed by atoms with Gasteiger partial charge in [0.1, 0.15) is 11.5 Å². The summed E-state index contributed by atoms with van der Waals surface area (Å²) in [6, 6.07) is 19.1. The van der Waals surface area contributed by atoms with Gasteiger partial charge in [-0.3, -0.25) is 4.79 Å². The molecule has 2 heterocycles. The molecule has 0 atom stereocenters. The first-order chi connectivity index (χ1) is 15.0. The van der Waals surface area contributed by atoms with E-state index in [0.717, 1.165) is 33.7 Å². The second kappa shape index (κ2) is 9.06. The number of anilines is 1. The van der Waals surface area contributed by atoms with Crippen LogP contribution in [0.4, 0.5) is 5.69 Å². The molecule has 158 valence electrons. The highest BCUT2D eigenvalue weighted by atomic mass is 32.1. The van der Waals surface area contributed by atoms with Crippen molar-refractivity contribution in [3.8, 4) is 5.75 Å². The molecule has 0 amide bonds. The first-order valence-electron chi connectivity index (χ1n) is 9.87. The lowest BCUT2D eigenvalue weighted by Gasteiger charge is -2.25. The van der Waals surface area contributed by atoms with Crippen molar-refractivity contribution in [1.29, 1.82) is 0 Å². The second-order valence-electron chi connectivity index (χ2n) is 7.31. The predicted molar refractivity (Wildman–Crippen MR) is 126 cm³/mol. The van der Waals surface area contributed by atoms with Gasteiger partial charge in [0.25, 0.3) is 5.56 Å². The van der Waals surface area contributed by atoms with Gasteiger partial charge < -0.3 is 24.4 Å². The number of aromatic amines is 1. The van der Waals surface area contributed by atoms with Crippen molar-refractivity contribution in [2.75, 3.05) is 12.4 Å². The third-order valence-electron chi connectivity index (χ3n) is 4.97. The van der Waals surface area contributed by atoms with Gasteiger partial charge in [-0.25, -0.2) is 0 Å². The maximum absolute atomic E-state index is 12.8. The molecular weight excluding hydrogens is 410 g/mol. The number of rotatable bonds is 6. The normalized spacial score (nSPS) is 10.8. The molecule has 0 aliphatic carbocycles. The highest BCUT2D eigenvalue weighted by Gasteiger charge is 2.16. The summed E-state index contributed by atoms with van der Waals surface area (Å²) in [4.78, 5) is 17.6. The number of hydrogen-bond donors (Lipinski definition) is 2. The van der Waals surface area contributed by atoms with Crippen LogP contribution in [0.15, 0.2) is 76.1 Å². The van der Waals surface area contributed by atoms with Gasteiger partial charge >= 0.3 is 0 Å². The Morgan fingerprint density at radius 1 is 1.13 bits per heavy atom. The van der Waals surface area contributed by atoms with Gasteiger partial charge in [-0.05, 0) is 73.2 Å². The van der Waals surface area contributed by atoms with Crippen LogP contribution in [0, 0.1) is 6.92 Å². The molecule has 4 rings (SSSR count). The molecule has 0 spiro atoms. The van der Waals surface area contributed by atoms with E-state index in [1.54, 1.807) is 13.4 Å². The Hall–Kier alpha value is -3.58. The molecule has 4 aromatic rings. The average Bonchev–Trinajstić information content (AvgIpc) is 3.26. The smallest absolute Gasteiger partial charge is 0.253 e. The van der Waals surface area contributed by atoms with Gasteiger partial charge in [0.15, 0.2) is 5.11 Å². The van der Waals surface area contributed by atoms with Crippen LogP contribution in [0.25, 0.3) is 10.9 Å². The minimum Gasteiger partial charge on any atom is -0.497 e. The molecule has 0 saturated carbocycles. The molecular formula is C24H23N3O3S. The molecule has 2 aromatic heterocycles. The Morgan fingerprint density at radius 2 is 2.00 bits per heavy atom. The SMILES string of the molecule is COc1ccc2[nH]c(=O)c(CN(Cc3ccco3)C(=S)Nc3cccc(C)c3)cc2c1. The number of hydrogen-bond acceptors (Lipinski definition) is 4. The first kappa shape index (κ1) is 20.7. The molecule has 31 heavy (non-hydrogen) atoms. The van der Waals surface area contributed by atoms with Crippen molar-refractivity contribution in [1.82, 2.24) is 9.88 Å². The van der Waals surface area contributed by atoms with Gasteiger partial charge in [0.2, 0.25) is 0 Å². The number of pyridine rings is 1. The number of furan rings is 1. The van der Waals surface area contributed by atoms with Crippen LogP contribution in [0.5, 0.6) is 5.75 Å². The van der Waals surface area contributed by atoms with Gasteiger partial charge in [-0.1, -0.05) is 12.1 Å². The Morgan fingerprint density at radius 3 is 2.74 bits per heavy atom. The lowest BCUT2D eigenvalue weighted by Crippen LogP contribution is -2.35. The van der Waals surface area contributed by atoms with Crippen LogP contribution in [0.1, 0.15) is 16.9 Å². The highest BCUT2D eigenvalue weighted by Crippen LogP contribution is 2.20. The average molecular weight is 434 g/mol. The molecule has 0 radical (unpaired) electrons. The Balaban J connectivity index is 1.64. The van der Waals surface area contributed by atoms with E-state index in [0.29, 0.717) is 23.8 Å². The zero-order valence-corrected chi connectivity index (χ0v) is 18.2. The van der Waals surface area contributed by atoms with Crippen molar-refractivity contribution >= 4 is 33.9 Å². The zero-order chi connectivity index (χ0) is 21.8. The van der Waals surface area contributed by atoms with E-state index < -0.39 is 0 Å². The Labute approximate surface area is 185 Å². The number of thiocarbonyl (C=S) groups is 1. The van der Waals surface area contributed by atoms with Crippen molar-refractivity contribution in [2.45, 2.75) is 20.0 Å². The minimum absolute atomic E-state index is 0.152. The van der Waals surface area contributed by atoms with E-state index in [-0.39, 0.29) is 5.56 Å². The van der Waals surface area contributed by atoms with Gasteiger partial charge in [0.05, 0.1) is 26.5 Å². The standard InChI is InChI=1S/C24H23N3O3S/c1-16-5-3-6-19(11-16)25-24(31)27(15-21-7-4-10-30-21)14-18-12-17-13-20(29-2)8-9-22(17)26-23(18)28/h3-13H,14-15H2,1-2H3,(H,25,31)(H,26,28). The van der Waals surface area contributed by atoms with Gasteiger partial charge in [-0.15, -0.1) is 0 Å². The summed E-state index contributed by atoms with van der Waals surface area (Å²) < 4.78 is 10.8. The minimum atomic E-state index is -0.152. The first-order valence-corrected chi connectivity index (χ1v) is 10.3. The summed E-state index contributed by atoms with van der Waals surface area (Å²) in [5, 5.41) is 4.67. The molecule has 0 aliphatic rings. The van der Waals surface area contributed by atoms with E-state index in [1.165, 1.54) is 0 Å². The number of nitrogens with zero attached hydrogens (tertiary/aromatic N) is 1. The van der Waals surface area contributed by atoms with Crippen molar-refractivity contribution in [3.63, 3.8) is 0 Å². The van der Waals surface area contributed by atoms with Crippen molar-refractivity contribution in [2.24, 2.45) is 0 Å². The number of aryl methyl sites for hydroxylation is 1. The monoisotopic (exact) mass is 433 g/mol. The number of nitrogens with one attached hydrogen (secondary N) is 2. The van der Waals surface area contributed by atoms with Crippen LogP contribution in [-0.2, 0) is 13.1 Å². The Bertz CT molecular complexity index is 1260. The zero-order valence-electron chi connectivity index (χ0n) is 17.3. The maximum atomic E-state index is 12.8. The number of H-pyrrole nitrogens is 1. The van der Waals surface area contributed by atoms with Crippen LogP contribution in [-0.4, -0.2) is 22.1 Å². The fraction of sp³-hybridized carbons (Fsp3) is 0.167. The van der Waals surface area contributed by atoms with Crippen LogP contribution in [0.3, 0.4) is 0 Å². The third-order valence-corrected chi connectivity index (χ3v) is 5.33. The van der Waals surface area contributed by atoms with Crippen molar-refractivity contribution < 1.29 is 9.15 Å². The number of fused-ring (bicyclic) bond motifs is 1. The summed E-state index contributed by atoms with van der Waals surface area (Å²) in [7, 11) is 1.62. The Kier molecular flexibility index (Phi) is 6.04. The largest absolute Gasteiger partial charge is 0.497 e. The second-order valence-corrected chi connectivity index (χ2v) is 7.70. The molecule has 0 aliphatic heterocycles. The highest BCUT2D eigenvalue weighted by molar-refractivity contribution is 7.80. The molecule has 0 unspecified atom stereocenters. The van der Waals surface area contributed by atoms with E-state index in [2.05, 4.69) is 10.3 Å². The molecule has 0 bridgehead atoms. The summed E-state index contributed by atoms with van der Waals surface area (Å²) in [6.07, 6.45) is 1.62. The molecule has 0 saturated heterocycles. The topological polar surface area (TPSA) is 70.5 Å². The maximum Gasteiger partial charge on any atom is 0.253 e. The molecule has 6 nitrogen and oxygen atoms in total. The quantitative estimate of drug-likeness (QED) is 0.424. The van der Waals surface area contributed by atoms with Gasteiger partial charge in [-0.2, -0.15) is 0 Å². The number of methoxy groups -OCH3 is 1. The van der Waals surface area contributed by atoms with Gasteiger partial charge in [0, 0.05) is 22.2 Å². The van der Waals surface area contributed by atoms with Crippen LogP contribution < -0.4 is 15.6 Å². The number of benzene rings is 2. The van der Waals surface area contributed by atoms with E-state index >= 15 is 0 Å². The number of aromatic nitrogens is 1. The lowest BCUT2D eigenvalue weighted by molar-refractivity contribution is 0.359. The van der Waals surface area contributed by atoms with E-state index in [4.69, 9.17) is 21.4 Å². The van der Waals surface area contributed by atoms with Crippen LogP contribution >= 0.6 is 12.2 Å². The molecule has 2 N–H and O–H groups in total. The van der Waals surface area contributed by atoms with Crippen molar-refractivity contribution in [3.05, 3.63) is 94.2 Å². The number of ether oxygens (including phenoxy) is 1. The molecule has 7 heteroatoms. The summed E-state index contributed by atoms with van der Waals surface area (Å²) in [5.41, 5.74) is 3.23. The summed E-state index contributed by atoms with van der Waals surface area (Å²) in [6.45, 7) is 2.78. The fourth-order valence-corrected chi connectivity index (χ4v) is 3.64. The fourth-order valence-electron chi connectivity index (χ4n) is 3.40. The lowest BCUT2D eigenvalue weighted by atomic mass is 10.1. The molecule has 2 aromatic carbocycles. The summed E-state index contributed by atoms with van der Waals surface area (Å²) >= 11 is 5.69.